The van der Waals surface area contributed by atoms with Crippen molar-refractivity contribution < 1.29 is 14.3 Å². The van der Waals surface area contributed by atoms with Crippen LogP contribution in [0.2, 0.25) is 0 Å². The third kappa shape index (κ3) is 6.43. The molecule has 0 aromatic rings. The molecule has 1 aliphatic rings. The van der Waals surface area contributed by atoms with Gasteiger partial charge in [0.15, 0.2) is 0 Å². The van der Waals surface area contributed by atoms with Gasteiger partial charge in [-0.2, -0.15) is 0 Å². The van der Waals surface area contributed by atoms with Gasteiger partial charge in [0.2, 0.25) is 0 Å². The maximum atomic E-state index is 12.1. The van der Waals surface area contributed by atoms with Gasteiger partial charge in [0, 0.05) is 6.54 Å². The molecule has 0 bridgehead atoms. The van der Waals surface area contributed by atoms with E-state index in [-0.39, 0.29) is 13.2 Å². The van der Waals surface area contributed by atoms with E-state index < -0.39 is 6.09 Å². The van der Waals surface area contributed by atoms with E-state index in [2.05, 4.69) is 13.2 Å². The SMILES string of the molecule is C=C/C=C(\C=C)COC(=O)N(CC=O)CC1CCCCC1. The van der Waals surface area contributed by atoms with Crippen LogP contribution in [0.15, 0.2) is 37.0 Å². The van der Waals surface area contributed by atoms with Crippen LogP contribution in [0.25, 0.3) is 0 Å². The highest BCUT2D eigenvalue weighted by molar-refractivity contribution is 5.71. The first-order valence-electron chi connectivity index (χ1n) is 7.50. The van der Waals surface area contributed by atoms with Crippen molar-refractivity contribution >= 4 is 12.4 Å². The topological polar surface area (TPSA) is 46.6 Å². The summed E-state index contributed by atoms with van der Waals surface area (Å²) in [7, 11) is 0. The molecule has 0 aliphatic heterocycles. The van der Waals surface area contributed by atoms with Gasteiger partial charge in [-0.1, -0.05) is 50.6 Å². The van der Waals surface area contributed by atoms with Crippen molar-refractivity contribution in [1.29, 1.82) is 0 Å². The van der Waals surface area contributed by atoms with E-state index in [0.717, 1.165) is 24.7 Å². The van der Waals surface area contributed by atoms with Gasteiger partial charge in [-0.05, 0) is 24.3 Å². The molecule has 0 atom stereocenters. The lowest BCUT2D eigenvalue weighted by atomic mass is 9.89. The van der Waals surface area contributed by atoms with Crippen LogP contribution in [-0.2, 0) is 9.53 Å². The molecule has 1 amide bonds. The fourth-order valence-corrected chi connectivity index (χ4v) is 2.56. The van der Waals surface area contributed by atoms with Crippen LogP contribution in [0, 0.1) is 5.92 Å². The number of ether oxygens (including phenoxy) is 1. The summed E-state index contributed by atoms with van der Waals surface area (Å²) in [6.45, 7) is 8.09. The fraction of sp³-hybridized carbons (Fsp3) is 0.529. The number of carbonyl (C=O) groups excluding carboxylic acids is 2. The van der Waals surface area contributed by atoms with Gasteiger partial charge in [-0.25, -0.2) is 4.79 Å². The van der Waals surface area contributed by atoms with Crippen molar-refractivity contribution in [3.8, 4) is 0 Å². The van der Waals surface area contributed by atoms with Crippen molar-refractivity contribution in [2.24, 2.45) is 5.92 Å². The molecule has 116 valence electrons. The summed E-state index contributed by atoms with van der Waals surface area (Å²) in [6, 6.07) is 0. The van der Waals surface area contributed by atoms with Gasteiger partial charge in [-0.15, -0.1) is 0 Å². The number of carbonyl (C=O) groups is 2. The lowest BCUT2D eigenvalue weighted by molar-refractivity contribution is -0.108. The lowest BCUT2D eigenvalue weighted by Gasteiger charge is -2.28. The summed E-state index contributed by atoms with van der Waals surface area (Å²) < 4.78 is 5.24. The second-order valence-corrected chi connectivity index (χ2v) is 5.31. The van der Waals surface area contributed by atoms with Crippen molar-refractivity contribution in [2.45, 2.75) is 32.1 Å². The number of aldehydes is 1. The zero-order valence-electron chi connectivity index (χ0n) is 12.6. The Kier molecular flexibility index (Phi) is 8.17. The first-order chi connectivity index (χ1) is 10.2. The zero-order valence-corrected chi connectivity index (χ0v) is 12.6. The standard InChI is InChI=1S/C17H25NO3/c1-3-8-15(4-2)14-21-17(20)18(11-12-19)13-16-9-6-5-7-10-16/h3-4,8,12,16H,1-2,5-7,9-11,13-14H2/b15-8+. The average molecular weight is 291 g/mol. The van der Waals surface area contributed by atoms with Gasteiger partial charge in [-0.3, -0.25) is 0 Å². The lowest BCUT2D eigenvalue weighted by Crippen LogP contribution is -2.38. The van der Waals surface area contributed by atoms with Crippen molar-refractivity contribution in [3.05, 3.63) is 37.0 Å². The summed E-state index contributed by atoms with van der Waals surface area (Å²) in [4.78, 5) is 24.4. The molecule has 1 fully saturated rings. The molecule has 4 nitrogen and oxygen atoms in total. The van der Waals surface area contributed by atoms with Gasteiger partial charge in [0.05, 0.1) is 6.54 Å². The summed E-state index contributed by atoms with van der Waals surface area (Å²) >= 11 is 0. The van der Waals surface area contributed by atoms with Crippen LogP contribution < -0.4 is 0 Å². The van der Waals surface area contributed by atoms with E-state index >= 15 is 0 Å². The van der Waals surface area contributed by atoms with Crippen LogP contribution in [0.4, 0.5) is 4.79 Å². The Morgan fingerprint density at radius 2 is 1.95 bits per heavy atom. The molecule has 4 heteroatoms. The Balaban J connectivity index is 2.51. The highest BCUT2D eigenvalue weighted by atomic mass is 16.6. The number of allylic oxidation sites excluding steroid dienone is 2. The minimum Gasteiger partial charge on any atom is -0.445 e. The van der Waals surface area contributed by atoms with Crippen molar-refractivity contribution in [3.63, 3.8) is 0 Å². The van der Waals surface area contributed by atoms with Crippen LogP contribution in [0.3, 0.4) is 0 Å². The van der Waals surface area contributed by atoms with Crippen molar-refractivity contribution in [2.75, 3.05) is 19.7 Å². The fourth-order valence-electron chi connectivity index (χ4n) is 2.56. The van der Waals surface area contributed by atoms with Gasteiger partial charge >= 0.3 is 6.09 Å². The monoisotopic (exact) mass is 291 g/mol. The molecule has 21 heavy (non-hydrogen) atoms. The van der Waals surface area contributed by atoms with Crippen molar-refractivity contribution in [1.82, 2.24) is 4.90 Å². The Morgan fingerprint density at radius 1 is 1.24 bits per heavy atom. The Hall–Kier alpha value is -1.84. The summed E-state index contributed by atoms with van der Waals surface area (Å²) in [5.74, 6) is 0.480. The molecule has 1 saturated carbocycles. The largest absolute Gasteiger partial charge is 0.445 e. The van der Waals surface area contributed by atoms with Gasteiger partial charge in [0.25, 0.3) is 0 Å². The molecule has 0 unspecified atom stereocenters. The summed E-state index contributed by atoms with van der Waals surface area (Å²) in [6.07, 6.45) is 11.2. The van der Waals surface area contributed by atoms with Crippen LogP contribution in [-0.4, -0.2) is 37.0 Å². The third-order valence-corrected chi connectivity index (χ3v) is 3.71. The maximum absolute atomic E-state index is 12.1. The number of amides is 1. The second kappa shape index (κ2) is 9.97. The minimum absolute atomic E-state index is 0.0872. The molecular formula is C17H25NO3. The Morgan fingerprint density at radius 3 is 2.52 bits per heavy atom. The number of rotatable bonds is 8. The molecule has 0 radical (unpaired) electrons. The average Bonchev–Trinajstić information content (AvgIpc) is 2.51. The van der Waals surface area contributed by atoms with Gasteiger partial charge in [0.1, 0.15) is 12.9 Å². The van der Waals surface area contributed by atoms with E-state index in [1.165, 1.54) is 24.2 Å². The first-order valence-corrected chi connectivity index (χ1v) is 7.50. The Labute approximate surface area is 127 Å². The predicted molar refractivity (Wildman–Crippen MR) is 84.0 cm³/mol. The van der Waals surface area contributed by atoms with E-state index in [1.54, 1.807) is 18.2 Å². The first kappa shape index (κ1) is 17.2. The molecule has 0 spiro atoms. The number of hydrogen-bond donors (Lipinski definition) is 0. The number of hydrogen-bond acceptors (Lipinski definition) is 3. The van der Waals surface area contributed by atoms with Gasteiger partial charge < -0.3 is 14.4 Å². The van der Waals surface area contributed by atoms with Crippen LogP contribution in [0.5, 0.6) is 0 Å². The quantitative estimate of drug-likeness (QED) is 0.508. The number of nitrogens with zero attached hydrogens (tertiary/aromatic N) is 1. The molecule has 0 aromatic carbocycles. The van der Waals surface area contributed by atoms with Crippen LogP contribution in [0.1, 0.15) is 32.1 Å². The second-order valence-electron chi connectivity index (χ2n) is 5.31. The Bertz CT molecular complexity index is 395. The molecule has 1 rings (SSSR count). The maximum Gasteiger partial charge on any atom is 0.410 e. The predicted octanol–water partition coefficient (Wildman–Crippen LogP) is 3.50. The van der Waals surface area contributed by atoms with E-state index in [4.69, 9.17) is 4.74 Å². The summed E-state index contributed by atoms with van der Waals surface area (Å²) in [5, 5.41) is 0. The highest BCUT2D eigenvalue weighted by Gasteiger charge is 2.21. The molecule has 0 heterocycles. The normalized spacial score (nSPS) is 16.1. The molecule has 0 saturated heterocycles. The molecule has 0 N–H and O–H groups in total. The highest BCUT2D eigenvalue weighted by Crippen LogP contribution is 2.24. The van der Waals surface area contributed by atoms with Crippen LogP contribution >= 0.6 is 0 Å². The molecular weight excluding hydrogens is 266 g/mol. The third-order valence-electron chi connectivity index (χ3n) is 3.71. The molecule has 0 aromatic heterocycles. The van der Waals surface area contributed by atoms with E-state index in [0.29, 0.717) is 12.5 Å². The smallest absolute Gasteiger partial charge is 0.410 e. The van der Waals surface area contributed by atoms with E-state index in [9.17, 15) is 9.59 Å². The summed E-state index contributed by atoms with van der Waals surface area (Å²) in [5.41, 5.74) is 0.780. The van der Waals surface area contributed by atoms with E-state index in [1.807, 2.05) is 0 Å². The zero-order chi connectivity index (χ0) is 15.5. The molecule has 1 aliphatic carbocycles. The minimum atomic E-state index is -0.440.